The number of nitriles is 1. The minimum Gasteiger partial charge on any atom is -0.376 e. The summed E-state index contributed by atoms with van der Waals surface area (Å²) >= 11 is 3.05. The van der Waals surface area contributed by atoms with E-state index in [4.69, 9.17) is 31.8 Å². The lowest BCUT2D eigenvalue weighted by atomic mass is 10.5. The van der Waals surface area contributed by atoms with Gasteiger partial charge >= 0.3 is 17.6 Å². The van der Waals surface area contributed by atoms with Crippen LogP contribution in [0, 0.1) is 10.7 Å². The van der Waals surface area contributed by atoms with Crippen LogP contribution < -0.4 is 0 Å². The molecule has 0 saturated carbocycles. The van der Waals surface area contributed by atoms with Crippen LogP contribution in [0.2, 0.25) is 6.04 Å². The highest BCUT2D eigenvalue weighted by atomic mass is 32.2. The first-order valence-electron chi connectivity index (χ1n) is 11.8. The molecule has 0 aliphatic carbocycles. The zero-order chi connectivity index (χ0) is 25.4. The first kappa shape index (κ1) is 35.3. The second kappa shape index (κ2) is 23.8. The average Bonchev–Trinajstić information content (AvgIpc) is 2.85. The summed E-state index contributed by atoms with van der Waals surface area (Å²) in [7, 11) is -0.0526. The molecule has 0 aliphatic rings. The SMILES string of the molecule is C=CCSC(CC)[Si](OC)(OC)OC.CCCO[Si](CCCSC#N)(OCCC)OCCC. The van der Waals surface area contributed by atoms with Crippen molar-refractivity contribution in [2.45, 2.75) is 70.7 Å². The zero-order valence-corrected chi connectivity index (χ0v) is 25.5. The second-order valence-corrected chi connectivity index (χ2v) is 15.4. The molecule has 0 aliphatic heterocycles. The molecule has 0 spiro atoms. The lowest BCUT2D eigenvalue weighted by Crippen LogP contribution is -2.52. The Morgan fingerprint density at radius 3 is 1.73 bits per heavy atom. The van der Waals surface area contributed by atoms with Gasteiger partial charge in [0.1, 0.15) is 5.40 Å². The second-order valence-electron chi connectivity index (χ2n) is 7.01. The van der Waals surface area contributed by atoms with Crippen LogP contribution in [-0.4, -0.2) is 75.1 Å². The highest BCUT2D eigenvalue weighted by Gasteiger charge is 2.46. The molecule has 0 aromatic rings. The lowest BCUT2D eigenvalue weighted by Gasteiger charge is -2.31. The van der Waals surface area contributed by atoms with Crippen LogP contribution in [0.3, 0.4) is 0 Å². The van der Waals surface area contributed by atoms with Crippen LogP contribution in [0.15, 0.2) is 12.7 Å². The van der Waals surface area contributed by atoms with Crippen molar-refractivity contribution in [2.24, 2.45) is 0 Å². The van der Waals surface area contributed by atoms with Crippen molar-refractivity contribution in [1.82, 2.24) is 0 Å². The fraction of sp³-hybridized carbons (Fsp3) is 0.864. The molecule has 0 aromatic heterocycles. The molecule has 0 rings (SSSR count). The maximum Gasteiger partial charge on any atom is 0.513 e. The van der Waals surface area contributed by atoms with Gasteiger partial charge in [-0.3, -0.25) is 0 Å². The molecule has 196 valence electrons. The van der Waals surface area contributed by atoms with Gasteiger partial charge in [-0.25, -0.2) is 0 Å². The number of thioether (sulfide) groups is 2. The summed E-state index contributed by atoms with van der Waals surface area (Å²) < 4.78 is 34.2. The molecule has 0 aromatic carbocycles. The van der Waals surface area contributed by atoms with Crippen LogP contribution in [0.4, 0.5) is 0 Å². The fourth-order valence-corrected chi connectivity index (χ4v) is 10.7. The summed E-state index contributed by atoms with van der Waals surface area (Å²) in [5, 5.41) is 10.6. The van der Waals surface area contributed by atoms with Gasteiger partial charge in [0.05, 0.1) is 4.87 Å². The first-order valence-corrected chi connectivity index (χ1v) is 17.5. The molecule has 0 bridgehead atoms. The van der Waals surface area contributed by atoms with E-state index >= 15 is 0 Å². The lowest BCUT2D eigenvalue weighted by molar-refractivity contribution is 0.0591. The van der Waals surface area contributed by atoms with Gasteiger partial charge in [0.25, 0.3) is 0 Å². The minimum absolute atomic E-state index is 0.278. The molecule has 0 fully saturated rings. The summed E-state index contributed by atoms with van der Waals surface area (Å²) in [4.78, 5) is 0.278. The van der Waals surface area contributed by atoms with Crippen LogP contribution in [0.25, 0.3) is 0 Å². The van der Waals surface area contributed by atoms with E-state index in [9.17, 15) is 0 Å². The molecule has 0 heterocycles. The summed E-state index contributed by atoms with van der Waals surface area (Å²) in [6.07, 6.45) is 6.65. The Bertz CT molecular complexity index is 466. The first-order chi connectivity index (χ1) is 15.9. The van der Waals surface area contributed by atoms with Gasteiger partial charge in [-0.15, -0.1) is 18.3 Å². The van der Waals surface area contributed by atoms with E-state index in [0.717, 1.165) is 49.7 Å². The maximum atomic E-state index is 8.55. The number of thiocyanates is 1. The van der Waals surface area contributed by atoms with Gasteiger partial charge in [-0.05, 0) is 43.9 Å². The standard InChI is InChI=1S/C13H27NO3SSi.C9H20O3SSi/c1-4-8-15-19(16-9-5-2,17-10-6-3)12-7-11-18-13-14;1-6-8-13-9(7-2)14(10-3,11-4)12-5/h4-12H2,1-3H3;6,9H,1,7-8H2,2-5H3. The molecular formula is C22H47NO6S2Si2. The Hall–Kier alpha value is 0.124. The number of hydrogen-bond donors (Lipinski definition) is 0. The Morgan fingerprint density at radius 1 is 0.909 bits per heavy atom. The van der Waals surface area contributed by atoms with E-state index in [0.29, 0.717) is 19.8 Å². The van der Waals surface area contributed by atoms with E-state index in [1.54, 1.807) is 33.1 Å². The number of hydrogen-bond acceptors (Lipinski definition) is 9. The highest BCUT2D eigenvalue weighted by Crippen LogP contribution is 2.27. The van der Waals surface area contributed by atoms with Crippen molar-refractivity contribution in [3.05, 3.63) is 12.7 Å². The van der Waals surface area contributed by atoms with Crippen LogP contribution in [-0.2, 0) is 26.6 Å². The van der Waals surface area contributed by atoms with Crippen LogP contribution in [0.1, 0.15) is 59.8 Å². The Kier molecular flexibility index (Phi) is 25.5. The topological polar surface area (TPSA) is 79.2 Å². The van der Waals surface area contributed by atoms with Crippen molar-refractivity contribution in [2.75, 3.05) is 52.7 Å². The number of nitrogens with zero attached hydrogens (tertiary/aromatic N) is 1. The smallest absolute Gasteiger partial charge is 0.376 e. The maximum absolute atomic E-state index is 8.55. The van der Waals surface area contributed by atoms with Crippen molar-refractivity contribution in [1.29, 1.82) is 5.26 Å². The van der Waals surface area contributed by atoms with Crippen molar-refractivity contribution in [3.63, 3.8) is 0 Å². The van der Waals surface area contributed by atoms with Gasteiger partial charge < -0.3 is 26.6 Å². The van der Waals surface area contributed by atoms with E-state index in [-0.39, 0.29) is 4.87 Å². The largest absolute Gasteiger partial charge is 0.513 e. The quantitative estimate of drug-likeness (QED) is 0.0762. The van der Waals surface area contributed by atoms with E-state index < -0.39 is 17.6 Å². The summed E-state index contributed by atoms with van der Waals surface area (Å²) in [6, 6.07) is 0.807. The van der Waals surface area contributed by atoms with E-state index in [2.05, 4.69) is 39.7 Å². The third-order valence-electron chi connectivity index (χ3n) is 4.41. The Balaban J connectivity index is 0. The van der Waals surface area contributed by atoms with Gasteiger partial charge in [-0.1, -0.05) is 33.8 Å². The molecule has 0 saturated heterocycles. The van der Waals surface area contributed by atoms with Crippen molar-refractivity contribution < 1.29 is 26.6 Å². The predicted octanol–water partition coefficient (Wildman–Crippen LogP) is 5.91. The Labute approximate surface area is 214 Å². The van der Waals surface area contributed by atoms with E-state index in [1.165, 1.54) is 11.8 Å². The summed E-state index contributed by atoms with van der Waals surface area (Å²) in [5.41, 5.74) is 0. The molecule has 33 heavy (non-hydrogen) atoms. The van der Waals surface area contributed by atoms with Gasteiger partial charge in [0.15, 0.2) is 0 Å². The van der Waals surface area contributed by atoms with Crippen LogP contribution >= 0.6 is 23.5 Å². The van der Waals surface area contributed by atoms with Crippen molar-refractivity contribution >= 4 is 41.1 Å². The highest BCUT2D eigenvalue weighted by molar-refractivity contribution is 8.03. The monoisotopic (exact) mass is 541 g/mol. The minimum atomic E-state index is -2.53. The molecule has 7 nitrogen and oxygen atoms in total. The zero-order valence-electron chi connectivity index (χ0n) is 21.9. The molecule has 1 atom stereocenters. The molecule has 1 unspecified atom stereocenters. The summed E-state index contributed by atoms with van der Waals surface area (Å²) in [5.74, 6) is 1.70. The van der Waals surface area contributed by atoms with Gasteiger partial charge in [0, 0.05) is 58.7 Å². The molecule has 0 radical (unpaired) electrons. The van der Waals surface area contributed by atoms with Gasteiger partial charge in [0.2, 0.25) is 0 Å². The van der Waals surface area contributed by atoms with Crippen molar-refractivity contribution in [3.8, 4) is 5.40 Å². The molecular weight excluding hydrogens is 495 g/mol. The third-order valence-corrected chi connectivity index (χ3v) is 13.4. The Morgan fingerprint density at radius 2 is 1.39 bits per heavy atom. The predicted molar refractivity (Wildman–Crippen MR) is 145 cm³/mol. The average molecular weight is 542 g/mol. The van der Waals surface area contributed by atoms with E-state index in [1.807, 2.05) is 6.08 Å². The number of rotatable bonds is 21. The summed E-state index contributed by atoms with van der Waals surface area (Å²) in [6.45, 7) is 14.1. The van der Waals surface area contributed by atoms with Crippen LogP contribution in [0.5, 0.6) is 0 Å². The molecule has 11 heteroatoms. The fourth-order valence-electron chi connectivity index (χ4n) is 2.82. The molecule has 0 N–H and O–H groups in total. The third kappa shape index (κ3) is 15.7. The molecule has 0 amide bonds. The normalized spacial score (nSPS) is 12.5. The van der Waals surface area contributed by atoms with Gasteiger partial charge in [-0.2, -0.15) is 5.26 Å².